The van der Waals surface area contributed by atoms with Crippen LogP contribution in [0.3, 0.4) is 0 Å². The molecule has 0 aromatic heterocycles. The molecule has 5 atom stereocenters. The highest BCUT2D eigenvalue weighted by molar-refractivity contribution is 5.68. The number of halogens is 2. The summed E-state index contributed by atoms with van der Waals surface area (Å²) in [6, 6.07) is 3.45. The van der Waals surface area contributed by atoms with Crippen molar-refractivity contribution in [2.75, 3.05) is 12.3 Å². The van der Waals surface area contributed by atoms with Gasteiger partial charge in [0.2, 0.25) is 12.4 Å². The number of nitrogen functional groups attached to an aromatic ring is 1. The minimum absolute atomic E-state index is 0.0456. The second-order valence-electron chi connectivity index (χ2n) is 7.28. The van der Waals surface area contributed by atoms with E-state index in [9.17, 15) is 28.0 Å². The van der Waals surface area contributed by atoms with Gasteiger partial charge in [0, 0.05) is 33.4 Å². The van der Waals surface area contributed by atoms with Crippen molar-refractivity contribution in [3.63, 3.8) is 0 Å². The van der Waals surface area contributed by atoms with Crippen molar-refractivity contribution in [1.29, 1.82) is 0 Å². The van der Waals surface area contributed by atoms with Gasteiger partial charge in [-0.25, -0.2) is 8.78 Å². The molecule has 1 heterocycles. The molecule has 2 unspecified atom stereocenters. The lowest BCUT2D eigenvalue weighted by molar-refractivity contribution is -0.288. The molecular weight excluding hydrogens is 464 g/mol. The van der Waals surface area contributed by atoms with Crippen LogP contribution in [0, 0.1) is 0 Å². The first-order valence-corrected chi connectivity index (χ1v) is 10.0. The van der Waals surface area contributed by atoms with Crippen LogP contribution in [0.25, 0.3) is 0 Å². The van der Waals surface area contributed by atoms with Crippen LogP contribution in [-0.4, -0.2) is 61.2 Å². The minimum atomic E-state index is -2.98. The Balaban J connectivity index is 2.53. The number of rotatable bonds is 8. The van der Waals surface area contributed by atoms with Gasteiger partial charge in [-0.3, -0.25) is 19.2 Å². The lowest BCUT2D eigenvalue weighted by Gasteiger charge is -2.44. The first-order chi connectivity index (χ1) is 15.9. The van der Waals surface area contributed by atoms with Gasteiger partial charge in [0.05, 0.1) is 5.56 Å². The Hall–Kier alpha value is -3.48. The fourth-order valence-electron chi connectivity index (χ4n) is 3.25. The molecule has 188 valence electrons. The van der Waals surface area contributed by atoms with E-state index in [0.717, 1.165) is 39.8 Å². The number of alkyl halides is 2. The number of carbonyl (C=O) groups excluding carboxylic acids is 4. The maximum absolute atomic E-state index is 13.6. The number of hydrogen-bond donors (Lipinski definition) is 1. The molecule has 13 heteroatoms. The zero-order valence-electron chi connectivity index (χ0n) is 18.8. The summed E-state index contributed by atoms with van der Waals surface area (Å²) in [7, 11) is 0. The molecule has 1 aromatic carbocycles. The predicted molar refractivity (Wildman–Crippen MR) is 108 cm³/mol. The molecule has 1 fully saturated rings. The summed E-state index contributed by atoms with van der Waals surface area (Å²) in [5.41, 5.74) is 5.05. The number of anilines is 1. The molecule has 1 saturated heterocycles. The smallest absolute Gasteiger partial charge is 0.303 e. The molecule has 0 amide bonds. The largest absolute Gasteiger partial charge is 0.463 e. The van der Waals surface area contributed by atoms with Gasteiger partial charge >= 0.3 is 23.9 Å². The van der Waals surface area contributed by atoms with Crippen molar-refractivity contribution in [1.82, 2.24) is 0 Å². The van der Waals surface area contributed by atoms with Crippen molar-refractivity contribution < 1.29 is 56.4 Å². The summed E-state index contributed by atoms with van der Waals surface area (Å²) in [4.78, 5) is 46.7. The molecule has 0 radical (unpaired) electrons. The summed E-state index contributed by atoms with van der Waals surface area (Å²) in [5, 5.41) is 0. The topological polar surface area (TPSA) is 150 Å². The van der Waals surface area contributed by atoms with Gasteiger partial charge in [-0.1, -0.05) is 0 Å². The SMILES string of the molecule is CC(=O)OCC1O[C@@H](Oc2ccc(N)cc2C(F)F)C(OC(C)=O)[C@@H](OC(C)=O)[C@H]1OC(C)=O. The maximum Gasteiger partial charge on any atom is 0.303 e. The van der Waals surface area contributed by atoms with Gasteiger partial charge in [-0.2, -0.15) is 0 Å². The van der Waals surface area contributed by atoms with E-state index in [0.29, 0.717) is 0 Å². The highest BCUT2D eigenvalue weighted by atomic mass is 19.3. The summed E-state index contributed by atoms with van der Waals surface area (Å²) in [6.07, 6.45) is -10.3. The number of esters is 4. The van der Waals surface area contributed by atoms with Gasteiger partial charge < -0.3 is 34.2 Å². The van der Waals surface area contributed by atoms with E-state index < -0.39 is 73.2 Å². The number of nitrogens with two attached hydrogens (primary N) is 1. The van der Waals surface area contributed by atoms with Crippen molar-refractivity contribution >= 4 is 29.6 Å². The predicted octanol–water partition coefficient (Wildman–Crippen LogP) is 1.67. The Morgan fingerprint density at radius 3 is 2.00 bits per heavy atom. The first-order valence-electron chi connectivity index (χ1n) is 10.0. The van der Waals surface area contributed by atoms with Gasteiger partial charge in [0.25, 0.3) is 6.43 Å². The van der Waals surface area contributed by atoms with Crippen LogP contribution in [0.1, 0.15) is 39.7 Å². The number of benzene rings is 1. The Kier molecular flexibility index (Phi) is 9.12. The van der Waals surface area contributed by atoms with Crippen LogP contribution in [0.4, 0.5) is 14.5 Å². The van der Waals surface area contributed by atoms with Crippen molar-refractivity contribution in [2.45, 2.75) is 64.8 Å². The molecule has 0 saturated carbocycles. The van der Waals surface area contributed by atoms with E-state index in [1.807, 2.05) is 0 Å². The highest BCUT2D eigenvalue weighted by Crippen LogP contribution is 2.35. The average Bonchev–Trinajstić information content (AvgIpc) is 2.71. The summed E-state index contributed by atoms with van der Waals surface area (Å²) in [6.45, 7) is 3.80. The van der Waals surface area contributed by atoms with Crippen molar-refractivity contribution in [3.05, 3.63) is 23.8 Å². The van der Waals surface area contributed by atoms with Gasteiger partial charge in [0.1, 0.15) is 18.5 Å². The third kappa shape index (κ3) is 7.27. The van der Waals surface area contributed by atoms with Crippen molar-refractivity contribution in [2.24, 2.45) is 0 Å². The lowest BCUT2D eigenvalue weighted by atomic mass is 9.98. The van der Waals surface area contributed by atoms with E-state index in [-0.39, 0.29) is 11.4 Å². The molecule has 2 N–H and O–H groups in total. The number of ether oxygens (including phenoxy) is 6. The monoisotopic (exact) mass is 489 g/mol. The average molecular weight is 489 g/mol. The highest BCUT2D eigenvalue weighted by Gasteiger charge is 2.53. The first kappa shape index (κ1) is 26.8. The molecule has 0 spiro atoms. The maximum atomic E-state index is 13.6. The van der Waals surface area contributed by atoms with Crippen LogP contribution in [0.5, 0.6) is 5.75 Å². The van der Waals surface area contributed by atoms with E-state index in [2.05, 4.69) is 0 Å². The molecule has 0 aliphatic carbocycles. The Morgan fingerprint density at radius 1 is 0.912 bits per heavy atom. The van der Waals surface area contributed by atoms with Gasteiger partial charge in [0.15, 0.2) is 12.2 Å². The van der Waals surface area contributed by atoms with Gasteiger partial charge in [-0.05, 0) is 18.2 Å². The van der Waals surface area contributed by atoms with Crippen LogP contribution in [-0.2, 0) is 42.9 Å². The summed E-state index contributed by atoms with van der Waals surface area (Å²) in [5.74, 6) is -3.56. The zero-order chi connectivity index (χ0) is 25.6. The normalized spacial score (nSPS) is 24.1. The Morgan fingerprint density at radius 2 is 1.47 bits per heavy atom. The molecule has 1 aliphatic heterocycles. The second-order valence-corrected chi connectivity index (χ2v) is 7.28. The quantitative estimate of drug-likeness (QED) is 0.323. The van der Waals surface area contributed by atoms with Crippen LogP contribution >= 0.6 is 0 Å². The van der Waals surface area contributed by atoms with Crippen LogP contribution < -0.4 is 10.5 Å². The molecular formula is C21H25F2NO10. The lowest BCUT2D eigenvalue weighted by Crippen LogP contribution is -2.63. The summed E-state index contributed by atoms with van der Waals surface area (Å²) >= 11 is 0. The molecule has 1 aliphatic rings. The van der Waals surface area contributed by atoms with Gasteiger partial charge in [-0.15, -0.1) is 0 Å². The molecule has 34 heavy (non-hydrogen) atoms. The molecule has 2 rings (SSSR count). The zero-order valence-corrected chi connectivity index (χ0v) is 18.8. The van der Waals surface area contributed by atoms with E-state index in [1.54, 1.807) is 0 Å². The second kappa shape index (κ2) is 11.6. The fraction of sp³-hybridized carbons (Fsp3) is 0.524. The molecule has 11 nitrogen and oxygen atoms in total. The standard InChI is InChI=1S/C21H25F2NO10/c1-9(25)29-8-16-17(30-10(2)26)18(31-11(3)27)19(32-12(4)28)21(34-16)33-15-6-5-13(24)7-14(15)20(22)23/h5-7,16-21H,8,24H2,1-4H3/t16?,17-,18-,19?,21+/m0/s1. The summed E-state index contributed by atoms with van der Waals surface area (Å²) < 4.78 is 59.1. The van der Waals surface area contributed by atoms with Crippen LogP contribution in [0.2, 0.25) is 0 Å². The Labute approximate surface area is 193 Å². The van der Waals surface area contributed by atoms with E-state index in [4.69, 9.17) is 34.2 Å². The number of carbonyl (C=O) groups is 4. The molecule has 0 bridgehead atoms. The third-order valence-electron chi connectivity index (χ3n) is 4.46. The van der Waals surface area contributed by atoms with Crippen molar-refractivity contribution in [3.8, 4) is 5.75 Å². The van der Waals surface area contributed by atoms with E-state index >= 15 is 0 Å². The fourth-order valence-corrected chi connectivity index (χ4v) is 3.25. The number of hydrogen-bond acceptors (Lipinski definition) is 11. The minimum Gasteiger partial charge on any atom is -0.463 e. The van der Waals surface area contributed by atoms with E-state index in [1.165, 1.54) is 6.07 Å². The Bertz CT molecular complexity index is 925. The van der Waals surface area contributed by atoms with Crippen LogP contribution in [0.15, 0.2) is 18.2 Å². The third-order valence-corrected chi connectivity index (χ3v) is 4.46. The molecule has 1 aromatic rings.